The monoisotopic (exact) mass is 714 g/mol. The molecule has 0 aliphatic carbocycles. The second-order valence-electron chi connectivity index (χ2n) is 8.14. The number of nitrogens with zero attached hydrogens (tertiary/aromatic N) is 1. The van der Waals surface area contributed by atoms with Crippen LogP contribution >= 0.6 is 35.3 Å². The molecule has 0 aromatic carbocycles. The van der Waals surface area contributed by atoms with Crippen molar-refractivity contribution in [2.24, 2.45) is 5.41 Å². The standard InChI is InChI=1S/C17H12F18N2O2S3/c1-9(16(30,31)32,17(33,34)35)11(20,21)13(24,25)15(28,29)14(26,27)12(22,23)10(18,19)3-4-39-6(38)2-5-41-8-37-36-7(40)42-8/h2-5H2,1H3,(H,36,40). The van der Waals surface area contributed by atoms with Gasteiger partial charge < -0.3 is 4.74 Å². The van der Waals surface area contributed by atoms with Crippen molar-refractivity contribution < 1.29 is 88.6 Å². The third kappa shape index (κ3) is 6.27. The Hall–Kier alpha value is -1.66. The van der Waals surface area contributed by atoms with Gasteiger partial charge >= 0.3 is 53.9 Å². The zero-order valence-corrected chi connectivity index (χ0v) is 22.1. The Morgan fingerprint density at radius 1 is 0.786 bits per heavy atom. The highest BCUT2D eigenvalue weighted by atomic mass is 32.2. The van der Waals surface area contributed by atoms with E-state index in [1.807, 2.05) is 0 Å². The van der Waals surface area contributed by atoms with E-state index in [2.05, 4.69) is 27.2 Å². The van der Waals surface area contributed by atoms with Crippen LogP contribution < -0.4 is 0 Å². The quantitative estimate of drug-likeness (QED) is 0.0961. The van der Waals surface area contributed by atoms with E-state index >= 15 is 0 Å². The van der Waals surface area contributed by atoms with Crippen molar-refractivity contribution in [2.75, 3.05) is 12.4 Å². The average Bonchev–Trinajstić information content (AvgIpc) is 3.20. The minimum atomic E-state index is -8.70. The molecule has 4 nitrogen and oxygen atoms in total. The summed E-state index contributed by atoms with van der Waals surface area (Å²) in [4.78, 5) is 11.5. The Morgan fingerprint density at radius 3 is 1.62 bits per heavy atom. The molecule has 0 bridgehead atoms. The van der Waals surface area contributed by atoms with Crippen LogP contribution in [-0.4, -0.2) is 76.4 Å². The third-order valence-corrected chi connectivity index (χ3v) is 7.66. The van der Waals surface area contributed by atoms with Crippen LogP contribution in [0.15, 0.2) is 4.34 Å². The maximum Gasteiger partial charge on any atom is 0.409 e. The first-order valence-electron chi connectivity index (χ1n) is 10.1. The fourth-order valence-electron chi connectivity index (χ4n) is 2.67. The number of aromatic amines is 1. The number of alkyl halides is 18. The van der Waals surface area contributed by atoms with Gasteiger partial charge in [0.2, 0.25) is 5.41 Å². The SMILES string of the molecule is CC(C(F)(F)F)(C(F)(F)F)C(F)(F)C(F)(F)C(F)(F)C(F)(F)C(F)(F)C(F)(F)CCOC(=O)CCSc1n[nH]c(=S)s1. The zero-order chi connectivity index (χ0) is 33.6. The van der Waals surface area contributed by atoms with Gasteiger partial charge in [0.05, 0.1) is 19.4 Å². The number of aromatic nitrogens is 2. The Bertz CT molecular complexity index is 1140. The molecule has 25 heteroatoms. The predicted octanol–water partition coefficient (Wildman–Crippen LogP) is 8.56. The van der Waals surface area contributed by atoms with Crippen molar-refractivity contribution >= 4 is 41.3 Å². The first kappa shape index (κ1) is 38.4. The Balaban J connectivity index is 3.22. The molecule has 1 N–H and O–H groups in total. The second kappa shape index (κ2) is 11.7. The molecule has 0 atom stereocenters. The molecule has 0 amide bonds. The summed E-state index contributed by atoms with van der Waals surface area (Å²) < 4.78 is 248. The second-order valence-corrected chi connectivity index (χ2v) is 11.2. The Morgan fingerprint density at radius 2 is 1.21 bits per heavy atom. The Labute approximate surface area is 234 Å². The van der Waals surface area contributed by atoms with Gasteiger partial charge in [0, 0.05) is 5.75 Å². The lowest BCUT2D eigenvalue weighted by Gasteiger charge is -2.46. The van der Waals surface area contributed by atoms with Crippen LogP contribution in [0.1, 0.15) is 19.8 Å². The van der Waals surface area contributed by atoms with E-state index in [-0.39, 0.29) is 14.0 Å². The van der Waals surface area contributed by atoms with Gasteiger partial charge in [-0.1, -0.05) is 23.1 Å². The number of carbonyl (C=O) groups excluding carboxylic acids is 1. The van der Waals surface area contributed by atoms with Crippen molar-refractivity contribution in [2.45, 2.75) is 72.0 Å². The van der Waals surface area contributed by atoms with Crippen molar-refractivity contribution in [1.29, 1.82) is 0 Å². The summed E-state index contributed by atoms with van der Waals surface area (Å²) in [5.74, 6) is -50.5. The lowest BCUT2D eigenvalue weighted by atomic mass is 9.75. The van der Waals surface area contributed by atoms with E-state index in [1.54, 1.807) is 0 Å². The van der Waals surface area contributed by atoms with Crippen LogP contribution in [0.25, 0.3) is 0 Å². The summed E-state index contributed by atoms with van der Waals surface area (Å²) in [5, 5.41) is 5.94. The van der Waals surface area contributed by atoms with Gasteiger partial charge in [0.25, 0.3) is 0 Å². The smallest absolute Gasteiger partial charge is 0.409 e. The summed E-state index contributed by atoms with van der Waals surface area (Å²) in [5.41, 5.74) is -7.29. The molecule has 0 unspecified atom stereocenters. The molecule has 1 heterocycles. The summed E-state index contributed by atoms with van der Waals surface area (Å²) >= 11 is 6.40. The van der Waals surface area contributed by atoms with Crippen molar-refractivity contribution in [3.63, 3.8) is 0 Å². The lowest BCUT2D eigenvalue weighted by molar-refractivity contribution is -0.472. The first-order chi connectivity index (χ1) is 18.4. The zero-order valence-electron chi connectivity index (χ0n) is 19.6. The summed E-state index contributed by atoms with van der Waals surface area (Å²) in [7, 11) is 0. The molecule has 0 spiro atoms. The van der Waals surface area contributed by atoms with Crippen LogP contribution in [0, 0.1) is 9.37 Å². The molecule has 246 valence electrons. The van der Waals surface area contributed by atoms with Gasteiger partial charge in [-0.3, -0.25) is 9.89 Å². The largest absolute Gasteiger partial charge is 0.465 e. The van der Waals surface area contributed by atoms with Crippen LogP contribution in [0.3, 0.4) is 0 Å². The minimum Gasteiger partial charge on any atom is -0.465 e. The molecule has 1 aromatic heterocycles. The highest BCUT2D eigenvalue weighted by molar-refractivity contribution is 8.01. The van der Waals surface area contributed by atoms with E-state index in [0.29, 0.717) is 0 Å². The molecule has 0 fully saturated rings. The molecule has 0 saturated heterocycles. The number of rotatable bonds is 13. The van der Waals surface area contributed by atoms with Crippen LogP contribution in [-0.2, 0) is 9.53 Å². The van der Waals surface area contributed by atoms with E-state index < -0.39 is 85.6 Å². The van der Waals surface area contributed by atoms with Crippen molar-refractivity contribution in [1.82, 2.24) is 10.2 Å². The number of esters is 1. The van der Waals surface area contributed by atoms with Crippen molar-refractivity contribution in [3.8, 4) is 0 Å². The van der Waals surface area contributed by atoms with Crippen LogP contribution in [0.5, 0.6) is 0 Å². The third-order valence-electron chi connectivity index (χ3n) is 5.43. The van der Waals surface area contributed by atoms with Gasteiger partial charge in [-0.05, 0) is 19.1 Å². The Kier molecular flexibility index (Phi) is 10.7. The van der Waals surface area contributed by atoms with Crippen LogP contribution in [0.4, 0.5) is 79.0 Å². The number of ether oxygens (including phenoxy) is 1. The fourth-order valence-corrected chi connectivity index (χ4v) is 4.74. The number of nitrogens with one attached hydrogen (secondary N) is 1. The highest BCUT2D eigenvalue weighted by Gasteiger charge is 2.95. The molecule has 0 aliphatic heterocycles. The lowest BCUT2D eigenvalue weighted by Crippen LogP contribution is -2.75. The van der Waals surface area contributed by atoms with E-state index in [4.69, 9.17) is 0 Å². The number of hydrogen-bond acceptors (Lipinski definition) is 6. The fraction of sp³-hybridized carbons (Fsp3) is 0.824. The summed E-state index contributed by atoms with van der Waals surface area (Å²) in [6, 6.07) is 0. The highest BCUT2D eigenvalue weighted by Crippen LogP contribution is 2.68. The molecule has 1 aromatic rings. The molecular formula is C17H12F18N2O2S3. The maximum absolute atomic E-state index is 14.0. The van der Waals surface area contributed by atoms with Gasteiger partial charge in [-0.2, -0.15) is 84.1 Å². The molecule has 0 saturated carbocycles. The minimum absolute atomic E-state index is 0.196. The number of halogens is 18. The number of H-pyrrole nitrogens is 1. The molecule has 42 heavy (non-hydrogen) atoms. The van der Waals surface area contributed by atoms with E-state index in [9.17, 15) is 83.8 Å². The first-order valence-corrected chi connectivity index (χ1v) is 12.3. The number of thioether (sulfide) groups is 1. The summed E-state index contributed by atoms with van der Waals surface area (Å²) in [6.07, 6.45) is -18.9. The number of carbonyl (C=O) groups is 1. The average molecular weight is 714 g/mol. The van der Waals surface area contributed by atoms with Gasteiger partial charge in [-0.25, -0.2) is 0 Å². The van der Waals surface area contributed by atoms with Crippen LogP contribution in [0.2, 0.25) is 0 Å². The molecule has 1 rings (SSSR count). The van der Waals surface area contributed by atoms with Gasteiger partial charge in [0.1, 0.15) is 0 Å². The van der Waals surface area contributed by atoms with E-state index in [0.717, 1.165) is 23.1 Å². The molecular weight excluding hydrogens is 702 g/mol. The van der Waals surface area contributed by atoms with Gasteiger partial charge in [-0.15, -0.1) is 0 Å². The topological polar surface area (TPSA) is 55.0 Å². The van der Waals surface area contributed by atoms with Gasteiger partial charge in [0.15, 0.2) is 8.29 Å². The molecule has 0 radical (unpaired) electrons. The van der Waals surface area contributed by atoms with Crippen molar-refractivity contribution in [3.05, 3.63) is 3.95 Å². The molecule has 0 aliphatic rings. The number of hydrogen-bond donors (Lipinski definition) is 1. The summed E-state index contributed by atoms with van der Waals surface area (Å²) in [6.45, 7) is -3.87. The predicted molar refractivity (Wildman–Crippen MR) is 108 cm³/mol. The van der Waals surface area contributed by atoms with E-state index in [1.165, 1.54) is 0 Å². The normalized spacial score (nSPS) is 15.2. The maximum atomic E-state index is 14.0.